The summed E-state index contributed by atoms with van der Waals surface area (Å²) < 4.78 is 0. The second-order valence-corrected chi connectivity index (χ2v) is 5.15. The van der Waals surface area contributed by atoms with Crippen LogP contribution in [0.25, 0.3) is 0 Å². The van der Waals surface area contributed by atoms with Crippen molar-refractivity contribution in [2.75, 3.05) is 0 Å². The van der Waals surface area contributed by atoms with Crippen LogP contribution in [-0.2, 0) is 0 Å². The Kier molecular flexibility index (Phi) is 8.45. The van der Waals surface area contributed by atoms with E-state index in [-0.39, 0.29) is 0 Å². The standard InChI is InChI=1S/C18H30/c1-8-16(9-2)18(11-4)13-15(7)17(10-3)12-14(5)6/h8,10,12-13,17-18H,3,9,11H2,1-2,4-7H3. The van der Waals surface area contributed by atoms with Crippen LogP contribution in [-0.4, -0.2) is 0 Å². The second kappa shape index (κ2) is 8.97. The van der Waals surface area contributed by atoms with Crippen LogP contribution in [0.4, 0.5) is 0 Å². The molecule has 0 heterocycles. The van der Waals surface area contributed by atoms with Crippen molar-refractivity contribution in [2.24, 2.45) is 11.8 Å². The molecule has 0 spiro atoms. The Balaban J connectivity index is 5.12. The van der Waals surface area contributed by atoms with Gasteiger partial charge in [0.05, 0.1) is 0 Å². The summed E-state index contributed by atoms with van der Waals surface area (Å²) in [5, 5.41) is 0. The summed E-state index contributed by atoms with van der Waals surface area (Å²) in [5.74, 6) is 0.951. The van der Waals surface area contributed by atoms with E-state index in [1.807, 2.05) is 6.08 Å². The Morgan fingerprint density at radius 1 is 1.11 bits per heavy atom. The zero-order valence-electron chi connectivity index (χ0n) is 13.1. The number of rotatable bonds is 7. The first kappa shape index (κ1) is 17.0. The van der Waals surface area contributed by atoms with Gasteiger partial charge in [0.15, 0.2) is 0 Å². The Labute approximate surface area is 114 Å². The van der Waals surface area contributed by atoms with E-state index in [9.17, 15) is 0 Å². The van der Waals surface area contributed by atoms with Crippen molar-refractivity contribution in [1.82, 2.24) is 0 Å². The maximum atomic E-state index is 3.95. The molecule has 0 fully saturated rings. The normalized spacial score (nSPS) is 16.1. The van der Waals surface area contributed by atoms with E-state index in [0.717, 1.165) is 6.42 Å². The van der Waals surface area contributed by atoms with Crippen LogP contribution in [0.15, 0.2) is 47.6 Å². The molecule has 0 aromatic heterocycles. The first-order chi connectivity index (χ1) is 8.49. The van der Waals surface area contributed by atoms with Gasteiger partial charge in [-0.3, -0.25) is 0 Å². The van der Waals surface area contributed by atoms with Crippen LogP contribution in [0.5, 0.6) is 0 Å². The van der Waals surface area contributed by atoms with E-state index in [4.69, 9.17) is 0 Å². The molecule has 0 amide bonds. The Morgan fingerprint density at radius 2 is 1.72 bits per heavy atom. The minimum atomic E-state index is 0.374. The van der Waals surface area contributed by atoms with Gasteiger partial charge in [0, 0.05) is 5.92 Å². The Morgan fingerprint density at radius 3 is 2.06 bits per heavy atom. The van der Waals surface area contributed by atoms with Crippen LogP contribution in [0.3, 0.4) is 0 Å². The molecule has 0 N–H and O–H groups in total. The maximum Gasteiger partial charge on any atom is 0.0154 e. The van der Waals surface area contributed by atoms with Crippen molar-refractivity contribution in [2.45, 2.75) is 54.4 Å². The summed E-state index contributed by atoms with van der Waals surface area (Å²) in [6, 6.07) is 0. The van der Waals surface area contributed by atoms with Crippen LogP contribution in [0, 0.1) is 11.8 Å². The van der Waals surface area contributed by atoms with Crippen molar-refractivity contribution >= 4 is 0 Å². The second-order valence-electron chi connectivity index (χ2n) is 5.15. The largest absolute Gasteiger partial charge is 0.102 e. The lowest BCUT2D eigenvalue weighted by atomic mass is 9.88. The van der Waals surface area contributed by atoms with Gasteiger partial charge in [0.25, 0.3) is 0 Å². The summed E-state index contributed by atoms with van der Waals surface area (Å²) >= 11 is 0. The highest BCUT2D eigenvalue weighted by molar-refractivity contribution is 5.23. The maximum absolute atomic E-state index is 3.95. The minimum Gasteiger partial charge on any atom is -0.102 e. The fourth-order valence-electron chi connectivity index (χ4n) is 2.34. The van der Waals surface area contributed by atoms with Gasteiger partial charge >= 0.3 is 0 Å². The predicted octanol–water partition coefficient (Wildman–Crippen LogP) is 6.08. The van der Waals surface area contributed by atoms with Crippen molar-refractivity contribution in [3.63, 3.8) is 0 Å². The van der Waals surface area contributed by atoms with Gasteiger partial charge in [-0.25, -0.2) is 0 Å². The lowest BCUT2D eigenvalue weighted by molar-refractivity contribution is 0.685. The smallest absolute Gasteiger partial charge is 0.0154 e. The molecule has 0 aromatic rings. The van der Waals surface area contributed by atoms with Crippen molar-refractivity contribution in [1.29, 1.82) is 0 Å². The van der Waals surface area contributed by atoms with Gasteiger partial charge in [-0.1, -0.05) is 54.9 Å². The van der Waals surface area contributed by atoms with Gasteiger partial charge in [0.2, 0.25) is 0 Å². The molecule has 0 aliphatic rings. The summed E-state index contributed by atoms with van der Waals surface area (Å²) in [5.41, 5.74) is 4.30. The molecule has 0 saturated heterocycles. The van der Waals surface area contributed by atoms with Crippen LogP contribution in [0.1, 0.15) is 54.4 Å². The lowest BCUT2D eigenvalue weighted by Crippen LogP contribution is -2.03. The van der Waals surface area contributed by atoms with E-state index in [1.165, 1.54) is 23.1 Å². The highest BCUT2D eigenvalue weighted by atomic mass is 14.2. The van der Waals surface area contributed by atoms with Crippen LogP contribution in [0.2, 0.25) is 0 Å². The molecule has 102 valence electrons. The quantitative estimate of drug-likeness (QED) is 0.477. The summed E-state index contributed by atoms with van der Waals surface area (Å²) in [6.07, 6.45) is 11.3. The first-order valence-electron chi connectivity index (χ1n) is 7.10. The monoisotopic (exact) mass is 246 g/mol. The highest BCUT2D eigenvalue weighted by Crippen LogP contribution is 2.25. The lowest BCUT2D eigenvalue weighted by Gasteiger charge is -2.17. The number of hydrogen-bond acceptors (Lipinski definition) is 0. The van der Waals surface area contributed by atoms with E-state index in [2.05, 4.69) is 66.3 Å². The highest BCUT2D eigenvalue weighted by Gasteiger charge is 2.10. The van der Waals surface area contributed by atoms with Crippen LogP contribution >= 0.6 is 0 Å². The molecule has 0 aromatic carbocycles. The van der Waals surface area contributed by atoms with Crippen molar-refractivity contribution in [3.8, 4) is 0 Å². The summed E-state index contributed by atoms with van der Waals surface area (Å²) in [6.45, 7) is 17.1. The third-order valence-electron chi connectivity index (χ3n) is 3.45. The molecule has 2 atom stereocenters. The minimum absolute atomic E-state index is 0.374. The molecular weight excluding hydrogens is 216 g/mol. The topological polar surface area (TPSA) is 0 Å². The number of hydrogen-bond donors (Lipinski definition) is 0. The van der Waals surface area contributed by atoms with E-state index >= 15 is 0 Å². The Bertz CT molecular complexity index is 335. The SMILES string of the molecule is C=CC(C=C(C)C)C(C)=CC(CC)C(=CC)CC. The molecule has 0 radical (unpaired) electrons. The molecule has 2 unspecified atom stereocenters. The molecule has 0 heteroatoms. The fourth-order valence-corrected chi connectivity index (χ4v) is 2.34. The molecular formula is C18H30. The van der Waals surface area contributed by atoms with E-state index in [0.29, 0.717) is 11.8 Å². The Hall–Kier alpha value is -1.04. The van der Waals surface area contributed by atoms with E-state index in [1.54, 1.807) is 0 Å². The van der Waals surface area contributed by atoms with E-state index < -0.39 is 0 Å². The predicted molar refractivity (Wildman–Crippen MR) is 84.7 cm³/mol. The third kappa shape index (κ3) is 5.53. The molecule has 18 heavy (non-hydrogen) atoms. The molecule has 0 bridgehead atoms. The molecule has 0 aliphatic carbocycles. The van der Waals surface area contributed by atoms with Gasteiger partial charge in [-0.05, 0) is 46.5 Å². The molecule has 0 aliphatic heterocycles. The molecule has 0 saturated carbocycles. The summed E-state index contributed by atoms with van der Waals surface area (Å²) in [7, 11) is 0. The zero-order chi connectivity index (χ0) is 14.1. The average molecular weight is 246 g/mol. The van der Waals surface area contributed by atoms with Crippen molar-refractivity contribution in [3.05, 3.63) is 47.6 Å². The zero-order valence-corrected chi connectivity index (χ0v) is 13.1. The fraction of sp³-hybridized carbons (Fsp3) is 0.556. The van der Waals surface area contributed by atoms with Gasteiger partial charge in [0.1, 0.15) is 0 Å². The number of allylic oxidation sites excluding steroid dienone is 7. The van der Waals surface area contributed by atoms with Crippen LogP contribution < -0.4 is 0 Å². The van der Waals surface area contributed by atoms with Gasteiger partial charge in [-0.15, -0.1) is 6.58 Å². The third-order valence-corrected chi connectivity index (χ3v) is 3.45. The van der Waals surface area contributed by atoms with Crippen molar-refractivity contribution < 1.29 is 0 Å². The van der Waals surface area contributed by atoms with Gasteiger partial charge in [-0.2, -0.15) is 0 Å². The summed E-state index contributed by atoms with van der Waals surface area (Å²) in [4.78, 5) is 0. The van der Waals surface area contributed by atoms with Gasteiger partial charge < -0.3 is 0 Å². The molecule has 0 nitrogen and oxygen atoms in total. The first-order valence-corrected chi connectivity index (χ1v) is 7.10. The molecule has 0 rings (SSSR count). The average Bonchev–Trinajstić information content (AvgIpc) is 2.35.